The van der Waals surface area contributed by atoms with Crippen molar-refractivity contribution < 1.29 is 9.47 Å². The van der Waals surface area contributed by atoms with E-state index in [9.17, 15) is 0 Å². The first-order valence-electron chi connectivity index (χ1n) is 3.04. The molecule has 0 unspecified atom stereocenters. The van der Waals surface area contributed by atoms with Gasteiger partial charge in [0.1, 0.15) is 0 Å². The molecule has 0 spiro atoms. The Morgan fingerprint density at radius 2 is 1.30 bits per heavy atom. The maximum Gasteiger partial charge on any atom is 0.154 e. The second-order valence-electron chi connectivity index (χ2n) is 1.48. The summed E-state index contributed by atoms with van der Waals surface area (Å²) < 4.78 is 10.1. The fourth-order valence-electron chi connectivity index (χ4n) is 0.518. The Morgan fingerprint density at radius 1 is 1.00 bits per heavy atom. The summed E-state index contributed by atoms with van der Waals surface area (Å²) in [5, 5.41) is 0. The van der Waals surface area contributed by atoms with Crippen LogP contribution in [-0.4, -0.2) is 19.5 Å². The summed E-state index contributed by atoms with van der Waals surface area (Å²) >= 11 is 0. The molecule has 0 atom stereocenters. The number of hydrogen-bond acceptors (Lipinski definition) is 4. The molecule has 0 saturated heterocycles. The van der Waals surface area contributed by atoms with Crippen LogP contribution in [-0.2, 0) is 9.47 Å². The van der Waals surface area contributed by atoms with Gasteiger partial charge < -0.3 is 21.8 Å². The molecule has 0 aliphatic heterocycles. The second-order valence-corrected chi connectivity index (χ2v) is 1.48. The summed E-state index contributed by atoms with van der Waals surface area (Å²) in [6, 6.07) is 0. The van der Waals surface area contributed by atoms with Gasteiger partial charge in [0.15, 0.2) is 6.29 Å². The fourth-order valence-corrected chi connectivity index (χ4v) is 0.518. The molecule has 10 heavy (non-hydrogen) atoms. The van der Waals surface area contributed by atoms with Crippen molar-refractivity contribution in [1.82, 2.24) is 12.3 Å². The highest BCUT2D eigenvalue weighted by molar-refractivity contribution is 4.26. The zero-order valence-electron chi connectivity index (χ0n) is 7.22. The van der Waals surface area contributed by atoms with Gasteiger partial charge in [-0.25, -0.2) is 0 Å². The zero-order valence-corrected chi connectivity index (χ0v) is 7.22. The first-order valence-corrected chi connectivity index (χ1v) is 3.04. The Bertz CT molecular complexity index is 47.0. The molecule has 0 aromatic heterocycles. The van der Waals surface area contributed by atoms with Crippen LogP contribution in [0, 0.1) is 0 Å². The lowest BCUT2D eigenvalue weighted by Gasteiger charge is -2.09. The summed E-state index contributed by atoms with van der Waals surface area (Å²) in [7, 11) is 0. The Balaban J connectivity index is -0.000000245. The van der Waals surface area contributed by atoms with Crippen LogP contribution in [0.2, 0.25) is 0 Å². The first kappa shape index (κ1) is 16.4. The van der Waals surface area contributed by atoms with Gasteiger partial charge in [0.2, 0.25) is 0 Å². The van der Waals surface area contributed by atoms with E-state index in [1.807, 2.05) is 20.8 Å². The third-order valence-electron chi connectivity index (χ3n) is 0.803. The van der Waals surface area contributed by atoms with E-state index in [-0.39, 0.29) is 18.6 Å². The Morgan fingerprint density at radius 3 is 1.50 bits per heavy atom. The Kier molecular flexibility index (Phi) is 19.1. The zero-order chi connectivity index (χ0) is 6.41. The lowest BCUT2D eigenvalue weighted by molar-refractivity contribution is -0.123. The lowest BCUT2D eigenvalue weighted by atomic mass is 10.7. The lowest BCUT2D eigenvalue weighted by Crippen LogP contribution is -2.11. The van der Waals surface area contributed by atoms with Crippen molar-refractivity contribution in [2.75, 3.05) is 13.2 Å². The van der Waals surface area contributed by atoms with Gasteiger partial charge in [-0.05, 0) is 20.8 Å². The van der Waals surface area contributed by atoms with Crippen molar-refractivity contribution in [3.63, 3.8) is 0 Å². The molecule has 0 aromatic rings. The van der Waals surface area contributed by atoms with Crippen molar-refractivity contribution in [2.24, 2.45) is 0 Å². The van der Waals surface area contributed by atoms with Crippen molar-refractivity contribution in [1.29, 1.82) is 0 Å². The Hall–Kier alpha value is -0.160. The monoisotopic (exact) mass is 152 g/mol. The van der Waals surface area contributed by atoms with Gasteiger partial charge in [-0.1, -0.05) is 0 Å². The molecule has 66 valence electrons. The summed E-state index contributed by atoms with van der Waals surface area (Å²) in [6.07, 6.45) is -0.0370. The molecule has 4 heteroatoms. The summed E-state index contributed by atoms with van der Waals surface area (Å²) in [5.74, 6) is 0. The maximum absolute atomic E-state index is 5.06. The molecule has 0 aromatic carbocycles. The Labute approximate surface area is 63.1 Å². The minimum Gasteiger partial charge on any atom is -0.353 e. The minimum absolute atomic E-state index is 0. The van der Waals surface area contributed by atoms with Crippen LogP contribution in [0.15, 0.2) is 0 Å². The molecule has 0 rings (SSSR count). The third kappa shape index (κ3) is 10.8. The van der Waals surface area contributed by atoms with Crippen LogP contribution in [0.1, 0.15) is 20.8 Å². The molecule has 0 saturated carbocycles. The molecule has 0 heterocycles. The normalized spacial score (nSPS) is 8.40. The molecule has 0 amide bonds. The van der Waals surface area contributed by atoms with E-state index in [4.69, 9.17) is 9.47 Å². The standard InChI is InChI=1S/C6H14O2.2H3N/c1-4-7-6(3)8-5-2;;/h6H,4-5H2,1-3H3;2*1H3. The van der Waals surface area contributed by atoms with Gasteiger partial charge in [-0.15, -0.1) is 0 Å². The largest absolute Gasteiger partial charge is 0.353 e. The van der Waals surface area contributed by atoms with Crippen LogP contribution in [0.5, 0.6) is 0 Å². The van der Waals surface area contributed by atoms with E-state index >= 15 is 0 Å². The van der Waals surface area contributed by atoms with Crippen LogP contribution >= 0.6 is 0 Å². The first-order chi connectivity index (χ1) is 3.81. The van der Waals surface area contributed by atoms with E-state index in [1.54, 1.807) is 0 Å². The predicted molar refractivity (Wildman–Crippen MR) is 42.8 cm³/mol. The molecule has 0 aliphatic carbocycles. The van der Waals surface area contributed by atoms with Crippen molar-refractivity contribution >= 4 is 0 Å². The molecule has 4 nitrogen and oxygen atoms in total. The third-order valence-corrected chi connectivity index (χ3v) is 0.803. The van der Waals surface area contributed by atoms with E-state index in [2.05, 4.69) is 0 Å². The van der Waals surface area contributed by atoms with Gasteiger partial charge in [-0.3, -0.25) is 0 Å². The van der Waals surface area contributed by atoms with Gasteiger partial charge in [-0.2, -0.15) is 0 Å². The quantitative estimate of drug-likeness (QED) is 0.600. The van der Waals surface area contributed by atoms with Crippen LogP contribution in [0.25, 0.3) is 0 Å². The van der Waals surface area contributed by atoms with E-state index < -0.39 is 0 Å². The average Bonchev–Trinajstić information content (AvgIpc) is 1.68. The highest BCUT2D eigenvalue weighted by atomic mass is 16.7. The summed E-state index contributed by atoms with van der Waals surface area (Å²) in [5.41, 5.74) is 0. The van der Waals surface area contributed by atoms with Gasteiger partial charge in [0.25, 0.3) is 0 Å². The predicted octanol–water partition coefficient (Wildman–Crippen LogP) is 1.73. The highest BCUT2D eigenvalue weighted by Gasteiger charge is 1.94. The number of ether oxygens (including phenoxy) is 2. The molecule has 0 radical (unpaired) electrons. The molecule has 0 bridgehead atoms. The summed E-state index contributed by atoms with van der Waals surface area (Å²) in [6.45, 7) is 7.25. The molecule has 6 N–H and O–H groups in total. The van der Waals surface area contributed by atoms with Crippen LogP contribution < -0.4 is 12.3 Å². The van der Waals surface area contributed by atoms with E-state index in [1.165, 1.54) is 0 Å². The van der Waals surface area contributed by atoms with Crippen molar-refractivity contribution in [3.8, 4) is 0 Å². The number of rotatable bonds is 4. The second kappa shape index (κ2) is 11.6. The average molecular weight is 152 g/mol. The maximum atomic E-state index is 5.06. The highest BCUT2D eigenvalue weighted by Crippen LogP contribution is 1.90. The molecular weight excluding hydrogens is 132 g/mol. The fraction of sp³-hybridized carbons (Fsp3) is 1.00. The molecular formula is C6H20N2O2. The van der Waals surface area contributed by atoms with Crippen molar-refractivity contribution in [3.05, 3.63) is 0 Å². The molecule has 0 aliphatic rings. The van der Waals surface area contributed by atoms with Crippen LogP contribution in [0.4, 0.5) is 0 Å². The van der Waals surface area contributed by atoms with Gasteiger partial charge in [0.05, 0.1) is 0 Å². The van der Waals surface area contributed by atoms with Gasteiger partial charge in [0, 0.05) is 13.2 Å². The van der Waals surface area contributed by atoms with E-state index in [0.29, 0.717) is 0 Å². The summed E-state index contributed by atoms with van der Waals surface area (Å²) in [4.78, 5) is 0. The van der Waals surface area contributed by atoms with Crippen molar-refractivity contribution in [2.45, 2.75) is 27.1 Å². The van der Waals surface area contributed by atoms with E-state index in [0.717, 1.165) is 13.2 Å². The SMILES string of the molecule is CCOC(C)OCC.N.N. The smallest absolute Gasteiger partial charge is 0.154 e. The van der Waals surface area contributed by atoms with Gasteiger partial charge >= 0.3 is 0 Å². The minimum atomic E-state index is -0.0370. The number of hydrogen-bond donors (Lipinski definition) is 2. The topological polar surface area (TPSA) is 88.5 Å². The molecule has 0 fully saturated rings. The van der Waals surface area contributed by atoms with Crippen LogP contribution in [0.3, 0.4) is 0 Å².